The highest BCUT2D eigenvalue weighted by Crippen LogP contribution is 2.42. The van der Waals surface area contributed by atoms with Crippen LogP contribution in [0.5, 0.6) is 0 Å². The van der Waals surface area contributed by atoms with Gasteiger partial charge in [0.15, 0.2) is 5.96 Å². The molecule has 1 heterocycles. The van der Waals surface area contributed by atoms with Gasteiger partial charge in [-0.05, 0) is 50.9 Å². The van der Waals surface area contributed by atoms with Gasteiger partial charge in [0.05, 0.1) is 5.69 Å². The molecule has 2 rings (SSSR count). The highest BCUT2D eigenvalue weighted by atomic mass is 127. The minimum Gasteiger partial charge on any atom is -0.361 e. The van der Waals surface area contributed by atoms with E-state index in [1.165, 1.54) is 37.7 Å². The van der Waals surface area contributed by atoms with E-state index in [1.807, 2.05) is 20.9 Å². The SMILES string of the molecule is CN=C(NCCc1c(C)noc1C)NCC1(CC(C)C)CCCC1.I. The molecule has 25 heavy (non-hydrogen) atoms. The Bertz CT molecular complexity index is 528. The summed E-state index contributed by atoms with van der Waals surface area (Å²) in [5.41, 5.74) is 2.64. The molecule has 0 amide bonds. The van der Waals surface area contributed by atoms with Crippen molar-refractivity contribution in [3.63, 3.8) is 0 Å². The molecule has 5 nitrogen and oxygen atoms in total. The maximum Gasteiger partial charge on any atom is 0.191 e. The molecule has 0 aliphatic heterocycles. The Morgan fingerprint density at radius 1 is 1.24 bits per heavy atom. The minimum absolute atomic E-state index is 0. The fraction of sp³-hybridized carbons (Fsp3) is 0.789. The van der Waals surface area contributed by atoms with E-state index in [2.05, 4.69) is 34.6 Å². The summed E-state index contributed by atoms with van der Waals surface area (Å²) in [5, 5.41) is 11.0. The molecule has 0 spiro atoms. The van der Waals surface area contributed by atoms with Gasteiger partial charge < -0.3 is 15.2 Å². The lowest BCUT2D eigenvalue weighted by Gasteiger charge is -2.31. The molecular formula is C19H35IN4O. The Balaban J connectivity index is 0.00000312. The van der Waals surface area contributed by atoms with E-state index in [1.54, 1.807) is 0 Å². The first kappa shape index (κ1) is 22.3. The van der Waals surface area contributed by atoms with Crippen LogP contribution in [0.15, 0.2) is 9.52 Å². The Hall–Kier alpha value is -0.790. The van der Waals surface area contributed by atoms with Gasteiger partial charge >= 0.3 is 0 Å². The number of hydrogen-bond acceptors (Lipinski definition) is 3. The molecule has 0 bridgehead atoms. The third-order valence-corrected chi connectivity index (χ3v) is 5.21. The zero-order valence-electron chi connectivity index (χ0n) is 16.4. The van der Waals surface area contributed by atoms with Gasteiger partial charge in [0, 0.05) is 25.7 Å². The first-order chi connectivity index (χ1) is 11.5. The van der Waals surface area contributed by atoms with E-state index in [9.17, 15) is 0 Å². The highest BCUT2D eigenvalue weighted by Gasteiger charge is 2.34. The second-order valence-electron chi connectivity index (χ2n) is 7.71. The van der Waals surface area contributed by atoms with E-state index in [4.69, 9.17) is 4.52 Å². The Morgan fingerprint density at radius 2 is 1.92 bits per heavy atom. The van der Waals surface area contributed by atoms with E-state index in [-0.39, 0.29) is 24.0 Å². The first-order valence-electron chi connectivity index (χ1n) is 9.32. The molecule has 1 fully saturated rings. The molecule has 0 saturated heterocycles. The Morgan fingerprint density at radius 3 is 2.44 bits per heavy atom. The predicted octanol–water partition coefficient (Wildman–Crippen LogP) is 4.22. The van der Waals surface area contributed by atoms with E-state index in [0.29, 0.717) is 5.41 Å². The van der Waals surface area contributed by atoms with Crippen LogP contribution in [0.1, 0.15) is 63.0 Å². The molecule has 1 saturated carbocycles. The molecule has 2 N–H and O–H groups in total. The maximum atomic E-state index is 5.22. The second-order valence-corrected chi connectivity index (χ2v) is 7.71. The number of aromatic nitrogens is 1. The van der Waals surface area contributed by atoms with Crippen molar-refractivity contribution in [1.82, 2.24) is 15.8 Å². The van der Waals surface area contributed by atoms with Crippen molar-refractivity contribution in [1.29, 1.82) is 0 Å². The molecule has 6 heteroatoms. The number of guanidine groups is 1. The van der Waals surface area contributed by atoms with Crippen molar-refractivity contribution < 1.29 is 4.52 Å². The van der Waals surface area contributed by atoms with E-state index < -0.39 is 0 Å². The molecule has 144 valence electrons. The summed E-state index contributed by atoms with van der Waals surface area (Å²) in [6.45, 7) is 10.5. The van der Waals surface area contributed by atoms with Crippen LogP contribution in [-0.2, 0) is 6.42 Å². The number of halogens is 1. The van der Waals surface area contributed by atoms with E-state index >= 15 is 0 Å². The standard InChI is InChI=1S/C19H34N4O.HI/c1-14(2)12-19(9-6-7-10-19)13-22-18(20-5)21-11-8-17-15(3)23-24-16(17)4;/h14H,6-13H2,1-5H3,(H2,20,21,22);1H. The molecule has 0 unspecified atom stereocenters. The lowest BCUT2D eigenvalue weighted by atomic mass is 9.78. The average molecular weight is 462 g/mol. The predicted molar refractivity (Wildman–Crippen MR) is 115 cm³/mol. The average Bonchev–Trinajstić information content (AvgIpc) is 3.11. The minimum atomic E-state index is 0. The molecular weight excluding hydrogens is 427 g/mol. The molecule has 1 aromatic heterocycles. The third-order valence-electron chi connectivity index (χ3n) is 5.21. The number of aliphatic imine (C=N–C) groups is 1. The first-order valence-corrected chi connectivity index (χ1v) is 9.32. The van der Waals surface area contributed by atoms with Gasteiger partial charge in [0.25, 0.3) is 0 Å². The van der Waals surface area contributed by atoms with Crippen LogP contribution in [0, 0.1) is 25.2 Å². The summed E-state index contributed by atoms with van der Waals surface area (Å²) in [4.78, 5) is 4.38. The maximum absolute atomic E-state index is 5.22. The summed E-state index contributed by atoms with van der Waals surface area (Å²) in [7, 11) is 1.84. The second kappa shape index (κ2) is 10.4. The van der Waals surface area contributed by atoms with Gasteiger partial charge in [-0.2, -0.15) is 0 Å². The van der Waals surface area contributed by atoms with Crippen LogP contribution < -0.4 is 10.6 Å². The topological polar surface area (TPSA) is 62.5 Å². The highest BCUT2D eigenvalue weighted by molar-refractivity contribution is 14.0. The summed E-state index contributed by atoms with van der Waals surface area (Å²) < 4.78 is 5.22. The quantitative estimate of drug-likeness (QED) is 0.362. The normalized spacial score (nSPS) is 16.8. The fourth-order valence-corrected chi connectivity index (χ4v) is 4.10. The summed E-state index contributed by atoms with van der Waals surface area (Å²) >= 11 is 0. The van der Waals surface area contributed by atoms with Crippen molar-refractivity contribution in [3.8, 4) is 0 Å². The van der Waals surface area contributed by atoms with Gasteiger partial charge in [0.1, 0.15) is 5.76 Å². The Labute approximate surface area is 169 Å². The lowest BCUT2D eigenvalue weighted by Crippen LogP contribution is -2.44. The van der Waals surface area contributed by atoms with Gasteiger partial charge in [-0.15, -0.1) is 24.0 Å². The van der Waals surface area contributed by atoms with Crippen molar-refractivity contribution in [2.24, 2.45) is 16.3 Å². The van der Waals surface area contributed by atoms with Gasteiger partial charge in [0.2, 0.25) is 0 Å². The van der Waals surface area contributed by atoms with Gasteiger partial charge in [-0.25, -0.2) is 0 Å². The third kappa shape index (κ3) is 6.46. The van der Waals surface area contributed by atoms with E-state index in [0.717, 1.165) is 42.8 Å². The molecule has 1 aliphatic rings. The summed E-state index contributed by atoms with van der Waals surface area (Å²) in [6.07, 6.45) is 7.62. The van der Waals surface area contributed by atoms with Crippen LogP contribution in [0.3, 0.4) is 0 Å². The number of aryl methyl sites for hydroxylation is 2. The Kier molecular flexibility index (Phi) is 9.24. The van der Waals surface area contributed by atoms with Crippen LogP contribution in [0.2, 0.25) is 0 Å². The van der Waals surface area contributed by atoms with Crippen molar-refractivity contribution in [2.45, 2.75) is 66.2 Å². The van der Waals surface area contributed by atoms with Crippen LogP contribution in [0.25, 0.3) is 0 Å². The molecule has 0 atom stereocenters. The zero-order valence-corrected chi connectivity index (χ0v) is 18.8. The molecule has 0 radical (unpaired) electrons. The molecule has 0 aromatic carbocycles. The van der Waals surface area contributed by atoms with Crippen molar-refractivity contribution >= 4 is 29.9 Å². The van der Waals surface area contributed by atoms with Crippen molar-refractivity contribution in [3.05, 3.63) is 17.0 Å². The lowest BCUT2D eigenvalue weighted by molar-refractivity contribution is 0.235. The largest absolute Gasteiger partial charge is 0.361 e. The molecule has 1 aliphatic carbocycles. The number of hydrogen-bond donors (Lipinski definition) is 2. The number of nitrogens with one attached hydrogen (secondary N) is 2. The van der Waals surface area contributed by atoms with Gasteiger partial charge in [-0.3, -0.25) is 4.99 Å². The monoisotopic (exact) mass is 462 g/mol. The van der Waals surface area contributed by atoms with Crippen molar-refractivity contribution in [2.75, 3.05) is 20.1 Å². The fourth-order valence-electron chi connectivity index (χ4n) is 4.10. The van der Waals surface area contributed by atoms with Crippen LogP contribution in [0.4, 0.5) is 0 Å². The summed E-state index contributed by atoms with van der Waals surface area (Å²) in [5.74, 6) is 2.57. The van der Waals surface area contributed by atoms with Crippen LogP contribution >= 0.6 is 24.0 Å². The van der Waals surface area contributed by atoms with Crippen LogP contribution in [-0.4, -0.2) is 31.3 Å². The number of nitrogens with zero attached hydrogens (tertiary/aromatic N) is 2. The summed E-state index contributed by atoms with van der Waals surface area (Å²) in [6, 6.07) is 0. The smallest absolute Gasteiger partial charge is 0.191 e. The van der Waals surface area contributed by atoms with Gasteiger partial charge in [-0.1, -0.05) is 31.8 Å². The number of rotatable bonds is 7. The molecule has 1 aromatic rings. The zero-order chi connectivity index (χ0) is 17.6.